The highest BCUT2D eigenvalue weighted by molar-refractivity contribution is 6.19. The van der Waals surface area contributed by atoms with Crippen LogP contribution < -0.4 is 0 Å². The molecule has 0 spiro atoms. The number of dihydropyridines is 1. The maximum absolute atomic E-state index is 13.9. The van der Waals surface area contributed by atoms with Gasteiger partial charge in [-0.1, -0.05) is 6.08 Å². The maximum atomic E-state index is 13.9. The Balaban J connectivity index is 1.46. The molecule has 0 aliphatic carbocycles. The van der Waals surface area contributed by atoms with Crippen LogP contribution in [-0.2, 0) is 4.79 Å². The number of benzene rings is 1. The zero-order valence-electron chi connectivity index (χ0n) is 14.7. The molecule has 144 valence electrons. The van der Waals surface area contributed by atoms with Crippen LogP contribution in [0.4, 0.5) is 13.6 Å². The molecule has 0 saturated carbocycles. The Morgan fingerprint density at radius 1 is 1.14 bits per heavy atom. The molecule has 0 aromatic heterocycles. The summed E-state index contributed by atoms with van der Waals surface area (Å²) in [6.45, 7) is 0.428. The van der Waals surface area contributed by atoms with Crippen LogP contribution in [0, 0.1) is 17.6 Å². The van der Waals surface area contributed by atoms with E-state index >= 15 is 0 Å². The number of piperidine rings is 1. The number of imide groups is 1. The largest absolute Gasteiger partial charge is 0.352 e. The van der Waals surface area contributed by atoms with Crippen molar-refractivity contribution in [2.75, 3.05) is 13.1 Å². The molecule has 3 heterocycles. The number of hydrogen-bond acceptors (Lipinski definition) is 4. The highest BCUT2D eigenvalue weighted by Gasteiger charge is 2.41. The van der Waals surface area contributed by atoms with Gasteiger partial charge in [-0.15, -0.1) is 0 Å². The van der Waals surface area contributed by atoms with Gasteiger partial charge in [-0.3, -0.25) is 14.5 Å². The topological polar surface area (TPSA) is 82.4 Å². The van der Waals surface area contributed by atoms with E-state index in [1.165, 1.54) is 11.1 Å². The fourth-order valence-corrected chi connectivity index (χ4v) is 3.63. The van der Waals surface area contributed by atoms with Crippen LogP contribution in [0.5, 0.6) is 0 Å². The van der Waals surface area contributed by atoms with E-state index in [1.54, 1.807) is 12.2 Å². The summed E-state index contributed by atoms with van der Waals surface area (Å²) >= 11 is 0. The molecule has 3 aliphatic heterocycles. The lowest BCUT2D eigenvalue weighted by molar-refractivity contribution is -0.131. The first-order chi connectivity index (χ1) is 13.5. The lowest BCUT2D eigenvalue weighted by Gasteiger charge is -2.39. The Labute approximate surface area is 159 Å². The van der Waals surface area contributed by atoms with Crippen LogP contribution in [0.2, 0.25) is 0 Å². The van der Waals surface area contributed by atoms with E-state index in [2.05, 4.69) is 9.98 Å². The lowest BCUT2D eigenvalue weighted by Crippen LogP contribution is -2.54. The van der Waals surface area contributed by atoms with Crippen molar-refractivity contribution < 1.29 is 23.2 Å². The Morgan fingerprint density at radius 3 is 2.64 bits per heavy atom. The van der Waals surface area contributed by atoms with Gasteiger partial charge < -0.3 is 4.90 Å². The smallest absolute Gasteiger partial charge is 0.338 e. The normalized spacial score (nSPS) is 22.4. The van der Waals surface area contributed by atoms with Crippen LogP contribution in [-0.4, -0.2) is 58.8 Å². The molecule has 9 heteroatoms. The van der Waals surface area contributed by atoms with Gasteiger partial charge in [0.1, 0.15) is 23.4 Å². The highest BCUT2D eigenvalue weighted by Crippen LogP contribution is 2.26. The Morgan fingerprint density at radius 2 is 1.89 bits per heavy atom. The molecule has 0 radical (unpaired) electrons. The van der Waals surface area contributed by atoms with Gasteiger partial charge in [-0.05, 0) is 37.1 Å². The molecular formula is C19H16F2N4O3. The molecule has 1 aromatic carbocycles. The van der Waals surface area contributed by atoms with E-state index in [1.807, 2.05) is 0 Å². The van der Waals surface area contributed by atoms with Crippen molar-refractivity contribution in [3.05, 3.63) is 47.5 Å². The van der Waals surface area contributed by atoms with Crippen molar-refractivity contribution in [1.29, 1.82) is 0 Å². The summed E-state index contributed by atoms with van der Waals surface area (Å²) in [6.07, 6.45) is 5.42. The van der Waals surface area contributed by atoms with Crippen LogP contribution in [0.3, 0.4) is 0 Å². The number of allylic oxidation sites excluding steroid dienone is 1. The van der Waals surface area contributed by atoms with Gasteiger partial charge in [0.2, 0.25) is 5.91 Å². The van der Waals surface area contributed by atoms with Crippen LogP contribution >= 0.6 is 0 Å². The number of rotatable bonds is 2. The predicted molar refractivity (Wildman–Crippen MR) is 96.1 cm³/mol. The van der Waals surface area contributed by atoms with Gasteiger partial charge in [-0.2, -0.15) is 4.99 Å². The standard InChI is InChI=1S/C19H16F2N4O3/c20-11-3-4-15(21)14(10-11)17(26)24-8-5-12(6-9-24)25-18(27)13-2-1-7-22-16(13)23-19(25)28/h1-4,7,10,12-13H,5-6,8-9H2. The van der Waals surface area contributed by atoms with Crippen molar-refractivity contribution in [2.24, 2.45) is 15.9 Å². The van der Waals surface area contributed by atoms with Crippen molar-refractivity contribution in [3.8, 4) is 0 Å². The van der Waals surface area contributed by atoms with Crippen molar-refractivity contribution in [1.82, 2.24) is 9.80 Å². The predicted octanol–water partition coefficient (Wildman–Crippen LogP) is 2.19. The maximum Gasteiger partial charge on any atom is 0.352 e. The molecule has 1 atom stereocenters. The van der Waals surface area contributed by atoms with Crippen molar-refractivity contribution >= 4 is 29.9 Å². The van der Waals surface area contributed by atoms with E-state index < -0.39 is 35.5 Å². The van der Waals surface area contributed by atoms with Crippen molar-refractivity contribution in [2.45, 2.75) is 18.9 Å². The summed E-state index contributed by atoms with van der Waals surface area (Å²) in [4.78, 5) is 47.9. The minimum absolute atomic E-state index is 0.183. The number of halogens is 2. The highest BCUT2D eigenvalue weighted by atomic mass is 19.1. The third kappa shape index (κ3) is 3.12. The summed E-state index contributed by atoms with van der Waals surface area (Å²) in [5, 5.41) is 0. The SMILES string of the molecule is O=C(c1cc(F)ccc1F)N1CCC(N2C(=O)N=C3N=CC=CC3C2=O)CC1. The summed E-state index contributed by atoms with van der Waals surface area (Å²) in [6, 6.07) is 1.66. The van der Waals surface area contributed by atoms with Gasteiger partial charge in [0.15, 0.2) is 0 Å². The van der Waals surface area contributed by atoms with Crippen LogP contribution in [0.25, 0.3) is 0 Å². The average molecular weight is 386 g/mol. The molecule has 1 unspecified atom stereocenters. The Kier molecular flexibility index (Phi) is 4.58. The van der Waals surface area contributed by atoms with Gasteiger partial charge >= 0.3 is 6.03 Å². The number of urea groups is 1. The number of likely N-dealkylation sites (tertiary alicyclic amines) is 1. The number of nitrogens with zero attached hydrogens (tertiary/aromatic N) is 4. The second-order valence-corrected chi connectivity index (χ2v) is 6.75. The van der Waals surface area contributed by atoms with Gasteiger partial charge in [-0.25, -0.2) is 18.6 Å². The Bertz CT molecular complexity index is 948. The molecule has 4 rings (SSSR count). The third-order valence-corrected chi connectivity index (χ3v) is 5.07. The quantitative estimate of drug-likeness (QED) is 0.781. The molecule has 7 nitrogen and oxygen atoms in total. The number of hydrogen-bond donors (Lipinski definition) is 0. The first kappa shape index (κ1) is 18.1. The molecule has 0 bridgehead atoms. The molecule has 4 amide bonds. The molecule has 1 saturated heterocycles. The lowest BCUT2D eigenvalue weighted by atomic mass is 9.97. The summed E-state index contributed by atoms with van der Waals surface area (Å²) in [5.41, 5.74) is -0.331. The molecule has 1 aromatic rings. The second-order valence-electron chi connectivity index (χ2n) is 6.75. The summed E-state index contributed by atoms with van der Waals surface area (Å²) in [5.74, 6) is -2.98. The van der Waals surface area contributed by atoms with Gasteiger partial charge in [0.05, 0.1) is 5.56 Å². The van der Waals surface area contributed by atoms with E-state index in [9.17, 15) is 23.2 Å². The van der Waals surface area contributed by atoms with Gasteiger partial charge in [0.25, 0.3) is 5.91 Å². The van der Waals surface area contributed by atoms with E-state index in [-0.39, 0.29) is 30.4 Å². The summed E-state index contributed by atoms with van der Waals surface area (Å²) < 4.78 is 27.2. The van der Waals surface area contributed by atoms with Crippen LogP contribution in [0.1, 0.15) is 23.2 Å². The monoisotopic (exact) mass is 386 g/mol. The molecule has 0 N–H and O–H groups in total. The molecular weight excluding hydrogens is 370 g/mol. The van der Waals surface area contributed by atoms with Gasteiger partial charge in [0, 0.05) is 25.3 Å². The summed E-state index contributed by atoms with van der Waals surface area (Å²) in [7, 11) is 0. The number of amides is 4. The van der Waals surface area contributed by atoms with E-state index in [0.29, 0.717) is 12.8 Å². The zero-order chi connectivity index (χ0) is 19.8. The molecule has 1 fully saturated rings. The minimum Gasteiger partial charge on any atom is -0.338 e. The number of carbonyl (C=O) groups is 3. The van der Waals surface area contributed by atoms with E-state index in [0.717, 1.165) is 23.1 Å². The van der Waals surface area contributed by atoms with Crippen molar-refractivity contribution in [3.63, 3.8) is 0 Å². The second kappa shape index (κ2) is 7.06. The molecule has 28 heavy (non-hydrogen) atoms. The average Bonchev–Trinajstić information content (AvgIpc) is 2.70. The fraction of sp³-hybridized carbons (Fsp3) is 0.316. The number of aliphatic imine (C=N–C) groups is 2. The Hall–Kier alpha value is -3.23. The van der Waals surface area contributed by atoms with Crippen LogP contribution in [0.15, 0.2) is 40.3 Å². The number of amidine groups is 1. The molecule has 3 aliphatic rings. The third-order valence-electron chi connectivity index (χ3n) is 5.07. The fourth-order valence-electron chi connectivity index (χ4n) is 3.63. The number of fused-ring (bicyclic) bond motifs is 1. The first-order valence-electron chi connectivity index (χ1n) is 8.86. The number of carbonyl (C=O) groups excluding carboxylic acids is 3. The van der Waals surface area contributed by atoms with E-state index in [4.69, 9.17) is 0 Å². The minimum atomic E-state index is -0.790. The first-order valence-corrected chi connectivity index (χ1v) is 8.86. The zero-order valence-corrected chi connectivity index (χ0v) is 14.7.